The van der Waals surface area contributed by atoms with Gasteiger partial charge in [0.25, 0.3) is 0 Å². The van der Waals surface area contributed by atoms with Crippen molar-refractivity contribution in [2.24, 2.45) is 23.5 Å². The van der Waals surface area contributed by atoms with E-state index in [-0.39, 0.29) is 5.91 Å². The van der Waals surface area contributed by atoms with E-state index in [1.807, 2.05) is 12.1 Å². The van der Waals surface area contributed by atoms with Crippen molar-refractivity contribution in [2.45, 2.75) is 38.6 Å². The molecule has 3 rings (SSSR count). The van der Waals surface area contributed by atoms with Gasteiger partial charge in [0.15, 0.2) is 0 Å². The van der Waals surface area contributed by atoms with Crippen LogP contribution in [-0.4, -0.2) is 11.9 Å². The minimum atomic E-state index is -0.577. The summed E-state index contributed by atoms with van der Waals surface area (Å²) >= 11 is 0. The number of carbonyl (C=O) groups excluding carboxylic acids is 2. The molecule has 0 aliphatic heterocycles. The molecule has 3 amide bonds. The van der Waals surface area contributed by atoms with Crippen molar-refractivity contribution in [3.05, 3.63) is 29.8 Å². The zero-order valence-electron chi connectivity index (χ0n) is 12.7. The maximum absolute atomic E-state index is 12.1. The number of nitrogens with one attached hydrogen (secondary N) is 2. The SMILES string of the molecule is NC(=O)Nc1ccc(CNC(=O)CC2CC3CCC2C3)cc1. The minimum absolute atomic E-state index is 0.150. The van der Waals surface area contributed by atoms with Crippen LogP contribution in [0.2, 0.25) is 0 Å². The van der Waals surface area contributed by atoms with Crippen molar-refractivity contribution >= 4 is 17.6 Å². The molecule has 5 heteroatoms. The van der Waals surface area contributed by atoms with Crippen molar-refractivity contribution in [2.75, 3.05) is 5.32 Å². The van der Waals surface area contributed by atoms with Crippen LogP contribution in [-0.2, 0) is 11.3 Å². The van der Waals surface area contributed by atoms with E-state index in [1.165, 1.54) is 25.7 Å². The molecular weight excluding hydrogens is 278 g/mol. The Balaban J connectivity index is 1.43. The predicted molar refractivity (Wildman–Crippen MR) is 85.0 cm³/mol. The van der Waals surface area contributed by atoms with E-state index >= 15 is 0 Å². The fourth-order valence-electron chi connectivity index (χ4n) is 3.99. The highest BCUT2D eigenvalue weighted by Gasteiger charge is 2.39. The minimum Gasteiger partial charge on any atom is -0.352 e. The zero-order chi connectivity index (χ0) is 15.5. The molecule has 2 saturated carbocycles. The van der Waals surface area contributed by atoms with Gasteiger partial charge in [0.05, 0.1) is 0 Å². The van der Waals surface area contributed by atoms with E-state index < -0.39 is 6.03 Å². The van der Waals surface area contributed by atoms with Gasteiger partial charge in [-0.05, 0) is 54.7 Å². The number of urea groups is 1. The number of hydrogen-bond donors (Lipinski definition) is 3. The number of anilines is 1. The molecule has 0 saturated heterocycles. The van der Waals surface area contributed by atoms with Gasteiger partial charge >= 0.3 is 6.03 Å². The Morgan fingerprint density at radius 2 is 1.91 bits per heavy atom. The summed E-state index contributed by atoms with van der Waals surface area (Å²) in [7, 11) is 0. The topological polar surface area (TPSA) is 84.2 Å². The van der Waals surface area contributed by atoms with E-state index in [0.717, 1.165) is 17.4 Å². The van der Waals surface area contributed by atoms with Crippen molar-refractivity contribution in [1.29, 1.82) is 0 Å². The van der Waals surface area contributed by atoms with Crippen molar-refractivity contribution in [1.82, 2.24) is 5.32 Å². The number of carbonyl (C=O) groups is 2. The van der Waals surface area contributed by atoms with Gasteiger partial charge in [-0.1, -0.05) is 18.6 Å². The molecule has 2 fully saturated rings. The van der Waals surface area contributed by atoms with Gasteiger partial charge in [-0.3, -0.25) is 4.79 Å². The number of benzene rings is 1. The average molecular weight is 301 g/mol. The molecule has 2 aliphatic rings. The molecule has 3 unspecified atom stereocenters. The Kier molecular flexibility index (Phi) is 4.32. The van der Waals surface area contributed by atoms with Gasteiger partial charge in [-0.25, -0.2) is 4.79 Å². The van der Waals surface area contributed by atoms with E-state index in [9.17, 15) is 9.59 Å². The van der Waals surface area contributed by atoms with E-state index in [1.54, 1.807) is 12.1 Å². The van der Waals surface area contributed by atoms with Crippen LogP contribution >= 0.6 is 0 Å². The Hall–Kier alpha value is -2.04. The molecule has 1 aromatic carbocycles. The second-order valence-corrected chi connectivity index (χ2v) is 6.60. The molecule has 0 aromatic heterocycles. The van der Waals surface area contributed by atoms with Gasteiger partial charge < -0.3 is 16.4 Å². The smallest absolute Gasteiger partial charge is 0.316 e. The number of primary amides is 1. The number of rotatable bonds is 5. The maximum atomic E-state index is 12.1. The van der Waals surface area contributed by atoms with Gasteiger partial charge in [0.2, 0.25) is 5.91 Å². The highest BCUT2D eigenvalue weighted by Crippen LogP contribution is 2.49. The van der Waals surface area contributed by atoms with Crippen LogP contribution in [0, 0.1) is 17.8 Å². The van der Waals surface area contributed by atoms with Crippen LogP contribution in [0.4, 0.5) is 10.5 Å². The van der Waals surface area contributed by atoms with Crippen molar-refractivity contribution < 1.29 is 9.59 Å². The number of nitrogens with two attached hydrogens (primary N) is 1. The third kappa shape index (κ3) is 3.59. The molecular formula is C17H23N3O2. The fourth-order valence-corrected chi connectivity index (χ4v) is 3.99. The zero-order valence-corrected chi connectivity index (χ0v) is 12.7. The van der Waals surface area contributed by atoms with E-state index in [2.05, 4.69) is 10.6 Å². The lowest BCUT2D eigenvalue weighted by Crippen LogP contribution is -2.26. The Morgan fingerprint density at radius 1 is 1.14 bits per heavy atom. The molecule has 2 aliphatic carbocycles. The van der Waals surface area contributed by atoms with Crippen LogP contribution < -0.4 is 16.4 Å². The summed E-state index contributed by atoms with van der Waals surface area (Å²) in [6, 6.07) is 6.74. The number of amides is 3. The largest absolute Gasteiger partial charge is 0.352 e. The maximum Gasteiger partial charge on any atom is 0.316 e. The average Bonchev–Trinajstić information content (AvgIpc) is 3.08. The second kappa shape index (κ2) is 6.38. The lowest BCUT2D eigenvalue weighted by molar-refractivity contribution is -0.122. The molecule has 0 spiro atoms. The summed E-state index contributed by atoms with van der Waals surface area (Å²) in [6.45, 7) is 0.524. The van der Waals surface area contributed by atoms with Crippen LogP contribution in [0.3, 0.4) is 0 Å². The molecule has 1 aromatic rings. The summed E-state index contributed by atoms with van der Waals surface area (Å²) in [6.07, 6.45) is 5.94. The summed E-state index contributed by atoms with van der Waals surface area (Å²) < 4.78 is 0. The molecule has 0 radical (unpaired) electrons. The Bertz CT molecular complexity index is 556. The Labute approximate surface area is 130 Å². The second-order valence-electron chi connectivity index (χ2n) is 6.60. The Morgan fingerprint density at radius 3 is 2.50 bits per heavy atom. The summed E-state index contributed by atoms with van der Waals surface area (Å²) in [5.74, 6) is 2.42. The first kappa shape index (κ1) is 14.9. The third-order valence-corrected chi connectivity index (χ3v) is 5.04. The number of hydrogen-bond acceptors (Lipinski definition) is 2. The quantitative estimate of drug-likeness (QED) is 0.781. The van der Waals surface area contributed by atoms with Gasteiger partial charge in [-0.2, -0.15) is 0 Å². The predicted octanol–water partition coefficient (Wildman–Crippen LogP) is 2.62. The third-order valence-electron chi connectivity index (χ3n) is 5.04. The van der Waals surface area contributed by atoms with Crippen molar-refractivity contribution in [3.8, 4) is 0 Å². The monoisotopic (exact) mass is 301 g/mol. The molecule has 22 heavy (non-hydrogen) atoms. The molecule has 3 atom stereocenters. The molecule has 2 bridgehead atoms. The fraction of sp³-hybridized carbons (Fsp3) is 0.529. The van der Waals surface area contributed by atoms with E-state index in [4.69, 9.17) is 5.73 Å². The first-order valence-electron chi connectivity index (χ1n) is 8.02. The van der Waals surface area contributed by atoms with Crippen LogP contribution in [0.5, 0.6) is 0 Å². The van der Waals surface area contributed by atoms with Gasteiger partial charge in [-0.15, -0.1) is 0 Å². The standard InChI is InChI=1S/C17H23N3O2/c18-17(22)20-15-5-2-11(3-6-15)10-19-16(21)9-14-8-12-1-4-13(14)7-12/h2-3,5-6,12-14H,1,4,7-10H2,(H,19,21)(H3,18,20,22). The van der Waals surface area contributed by atoms with Crippen LogP contribution in [0.15, 0.2) is 24.3 Å². The van der Waals surface area contributed by atoms with Gasteiger partial charge in [0.1, 0.15) is 0 Å². The first-order chi connectivity index (χ1) is 10.6. The summed E-state index contributed by atoms with van der Waals surface area (Å²) in [5, 5.41) is 5.51. The molecule has 4 N–H and O–H groups in total. The normalized spacial score (nSPS) is 25.9. The first-order valence-corrected chi connectivity index (χ1v) is 8.02. The van der Waals surface area contributed by atoms with Gasteiger partial charge in [0, 0.05) is 18.7 Å². The molecule has 5 nitrogen and oxygen atoms in total. The lowest BCUT2D eigenvalue weighted by Gasteiger charge is -2.20. The summed E-state index contributed by atoms with van der Waals surface area (Å²) in [4.78, 5) is 22.8. The summed E-state index contributed by atoms with van der Waals surface area (Å²) in [5.41, 5.74) is 6.72. The van der Waals surface area contributed by atoms with Crippen LogP contribution in [0.25, 0.3) is 0 Å². The number of fused-ring (bicyclic) bond motifs is 2. The highest BCUT2D eigenvalue weighted by atomic mass is 16.2. The van der Waals surface area contributed by atoms with E-state index in [0.29, 0.717) is 24.6 Å². The highest BCUT2D eigenvalue weighted by molar-refractivity contribution is 5.87. The molecule has 0 heterocycles. The van der Waals surface area contributed by atoms with Crippen molar-refractivity contribution in [3.63, 3.8) is 0 Å². The van der Waals surface area contributed by atoms with Crippen LogP contribution in [0.1, 0.15) is 37.7 Å². The lowest BCUT2D eigenvalue weighted by atomic mass is 9.86. The molecule has 118 valence electrons.